The third kappa shape index (κ3) is 2.38. The number of thiophene rings is 1. The smallest absolute Gasteiger partial charge is 0.297 e. The van der Waals surface area contributed by atoms with Gasteiger partial charge in [0.2, 0.25) is 0 Å². The Hall–Kier alpha value is -1.33. The highest BCUT2D eigenvalue weighted by atomic mass is 35.5. The highest BCUT2D eigenvalue weighted by Gasteiger charge is 2.27. The average molecular weight is 325 g/mol. The maximum Gasteiger partial charge on any atom is 0.330 e. The van der Waals surface area contributed by atoms with Crippen LogP contribution in [0.4, 0.5) is 0 Å². The predicted octanol–water partition coefficient (Wildman–Crippen LogP) is 3.30. The molecule has 2 aromatic heterocycles. The molecule has 0 saturated carbocycles. The van der Waals surface area contributed by atoms with Gasteiger partial charge in [0, 0.05) is 4.88 Å². The summed E-state index contributed by atoms with van der Waals surface area (Å²) >= 11 is 7.75. The molecule has 0 bridgehead atoms. The lowest BCUT2D eigenvalue weighted by Gasteiger charge is -2.24. The van der Waals surface area contributed by atoms with Crippen LogP contribution in [-0.4, -0.2) is 9.55 Å². The second-order valence-electron chi connectivity index (χ2n) is 5.69. The minimum atomic E-state index is -0.418. The number of aromatic amines is 1. The molecule has 6 heteroatoms. The number of aryl methyl sites for hydroxylation is 1. The Labute approximate surface area is 131 Å². The molecule has 0 spiro atoms. The summed E-state index contributed by atoms with van der Waals surface area (Å²) < 4.78 is 1.35. The molecule has 1 N–H and O–H groups in total. The highest BCUT2D eigenvalue weighted by molar-refractivity contribution is 7.10. The zero-order chi connectivity index (χ0) is 15.1. The Morgan fingerprint density at radius 3 is 2.90 bits per heavy atom. The van der Waals surface area contributed by atoms with Gasteiger partial charge in [-0.05, 0) is 42.2 Å². The highest BCUT2D eigenvalue weighted by Crippen LogP contribution is 2.34. The van der Waals surface area contributed by atoms with Gasteiger partial charge < -0.3 is 0 Å². The van der Waals surface area contributed by atoms with Gasteiger partial charge in [-0.15, -0.1) is 11.3 Å². The van der Waals surface area contributed by atoms with Crippen molar-refractivity contribution in [1.29, 1.82) is 0 Å². The van der Waals surface area contributed by atoms with Gasteiger partial charge in [0.1, 0.15) is 5.15 Å². The molecule has 0 saturated heterocycles. The maximum atomic E-state index is 12.7. The first-order chi connectivity index (χ1) is 10.0. The van der Waals surface area contributed by atoms with E-state index in [2.05, 4.69) is 4.98 Å². The first kappa shape index (κ1) is 14.6. The minimum absolute atomic E-state index is 0.0290. The Bertz CT molecular complexity index is 788. The van der Waals surface area contributed by atoms with Crippen molar-refractivity contribution in [2.75, 3.05) is 0 Å². The SMILES string of the molecule is CC(C)c1c(Cl)[nH]c(=O)n(C2CCCc3sccc32)c1=O. The number of nitrogens with one attached hydrogen (secondary N) is 1. The molecule has 2 heterocycles. The van der Waals surface area contributed by atoms with Gasteiger partial charge in [-0.3, -0.25) is 14.3 Å². The molecule has 21 heavy (non-hydrogen) atoms. The summed E-state index contributed by atoms with van der Waals surface area (Å²) in [6.07, 6.45) is 2.83. The molecule has 0 amide bonds. The van der Waals surface area contributed by atoms with E-state index >= 15 is 0 Å². The molecule has 1 atom stereocenters. The fraction of sp³-hybridized carbons (Fsp3) is 0.467. The van der Waals surface area contributed by atoms with E-state index in [0.29, 0.717) is 5.56 Å². The monoisotopic (exact) mass is 324 g/mol. The van der Waals surface area contributed by atoms with Gasteiger partial charge in [-0.25, -0.2) is 4.79 Å². The van der Waals surface area contributed by atoms with Crippen LogP contribution in [0.5, 0.6) is 0 Å². The van der Waals surface area contributed by atoms with E-state index in [0.717, 1.165) is 24.8 Å². The standard InChI is InChI=1S/C15H17ClN2O2S/c1-8(2)12-13(16)17-15(20)18(14(12)19)10-4-3-5-11-9(10)6-7-21-11/h6-8,10H,3-5H2,1-2H3,(H,17,20). The second kappa shape index (κ2) is 5.46. The molecule has 3 rings (SSSR count). The fourth-order valence-corrected chi connectivity index (χ4v) is 4.41. The lowest BCUT2D eigenvalue weighted by molar-refractivity contribution is 0.460. The van der Waals surface area contributed by atoms with Crippen LogP contribution in [-0.2, 0) is 6.42 Å². The van der Waals surface area contributed by atoms with E-state index in [1.54, 1.807) is 11.3 Å². The van der Waals surface area contributed by atoms with Gasteiger partial charge >= 0.3 is 5.69 Å². The molecule has 0 fully saturated rings. The zero-order valence-corrected chi connectivity index (χ0v) is 13.6. The van der Waals surface area contributed by atoms with Crippen LogP contribution in [0.2, 0.25) is 5.15 Å². The molecular weight excluding hydrogens is 308 g/mol. The first-order valence-electron chi connectivity index (χ1n) is 7.11. The zero-order valence-electron chi connectivity index (χ0n) is 12.0. The van der Waals surface area contributed by atoms with Crippen LogP contribution in [0.15, 0.2) is 21.0 Å². The molecule has 4 nitrogen and oxygen atoms in total. The van der Waals surface area contributed by atoms with Crippen LogP contribution < -0.4 is 11.2 Å². The molecule has 1 aliphatic carbocycles. The third-order valence-electron chi connectivity index (χ3n) is 4.03. The molecular formula is C15H17ClN2O2S. The van der Waals surface area contributed by atoms with Crippen LogP contribution in [0.3, 0.4) is 0 Å². The number of H-pyrrole nitrogens is 1. The molecule has 112 valence electrons. The quantitative estimate of drug-likeness (QED) is 0.862. The topological polar surface area (TPSA) is 54.9 Å². The molecule has 0 aromatic carbocycles. The van der Waals surface area contributed by atoms with Crippen molar-refractivity contribution in [3.05, 3.63) is 53.4 Å². The van der Waals surface area contributed by atoms with E-state index in [1.165, 1.54) is 9.44 Å². The van der Waals surface area contributed by atoms with Gasteiger partial charge in [0.25, 0.3) is 5.56 Å². The molecule has 2 aromatic rings. The summed E-state index contributed by atoms with van der Waals surface area (Å²) in [7, 11) is 0. The Kier molecular flexibility index (Phi) is 3.80. The van der Waals surface area contributed by atoms with Gasteiger partial charge in [0.05, 0.1) is 11.6 Å². The number of hydrogen-bond donors (Lipinski definition) is 1. The van der Waals surface area contributed by atoms with E-state index < -0.39 is 5.69 Å². The number of hydrogen-bond acceptors (Lipinski definition) is 3. The van der Waals surface area contributed by atoms with Gasteiger partial charge in [0.15, 0.2) is 0 Å². The summed E-state index contributed by atoms with van der Waals surface area (Å²) in [4.78, 5) is 28.9. The van der Waals surface area contributed by atoms with Crippen LogP contribution in [0, 0.1) is 0 Å². The summed E-state index contributed by atoms with van der Waals surface area (Å²) in [5.74, 6) is -0.0290. The van der Waals surface area contributed by atoms with Crippen LogP contribution >= 0.6 is 22.9 Å². The van der Waals surface area contributed by atoms with Crippen molar-refractivity contribution < 1.29 is 0 Å². The lowest BCUT2D eigenvalue weighted by atomic mass is 9.93. The largest absolute Gasteiger partial charge is 0.330 e. The molecule has 1 aliphatic rings. The fourth-order valence-electron chi connectivity index (χ4n) is 3.05. The number of halogens is 1. The Morgan fingerprint density at radius 1 is 1.43 bits per heavy atom. The predicted molar refractivity (Wildman–Crippen MR) is 85.8 cm³/mol. The Morgan fingerprint density at radius 2 is 2.19 bits per heavy atom. The van der Waals surface area contributed by atoms with Crippen molar-refractivity contribution in [3.8, 4) is 0 Å². The van der Waals surface area contributed by atoms with E-state index in [9.17, 15) is 9.59 Å². The van der Waals surface area contributed by atoms with Crippen molar-refractivity contribution >= 4 is 22.9 Å². The average Bonchev–Trinajstić information content (AvgIpc) is 2.86. The van der Waals surface area contributed by atoms with Crippen molar-refractivity contribution in [2.45, 2.75) is 45.1 Å². The van der Waals surface area contributed by atoms with Crippen molar-refractivity contribution in [2.24, 2.45) is 0 Å². The summed E-state index contributed by atoms with van der Waals surface area (Å²) in [5, 5.41) is 2.19. The minimum Gasteiger partial charge on any atom is -0.297 e. The van der Waals surface area contributed by atoms with Crippen molar-refractivity contribution in [3.63, 3.8) is 0 Å². The summed E-state index contributed by atoms with van der Waals surface area (Å²) in [6.45, 7) is 3.81. The van der Waals surface area contributed by atoms with Gasteiger partial charge in [-0.2, -0.15) is 0 Å². The number of fused-ring (bicyclic) bond motifs is 1. The van der Waals surface area contributed by atoms with Crippen molar-refractivity contribution in [1.82, 2.24) is 9.55 Å². The molecule has 0 radical (unpaired) electrons. The summed E-state index contributed by atoms with van der Waals surface area (Å²) in [6, 6.07) is 1.85. The normalized spacial score (nSPS) is 18.0. The van der Waals surface area contributed by atoms with E-state index in [4.69, 9.17) is 11.6 Å². The summed E-state index contributed by atoms with van der Waals surface area (Å²) in [5.41, 5.74) is 0.913. The van der Waals surface area contributed by atoms with E-state index in [1.807, 2.05) is 25.3 Å². The number of rotatable bonds is 2. The third-order valence-corrected chi connectivity index (χ3v) is 5.33. The number of aromatic nitrogens is 2. The second-order valence-corrected chi connectivity index (χ2v) is 7.07. The molecule has 0 aliphatic heterocycles. The molecule has 1 unspecified atom stereocenters. The Balaban J connectivity index is 2.24. The number of nitrogens with zero attached hydrogens (tertiary/aromatic N) is 1. The van der Waals surface area contributed by atoms with Crippen LogP contribution in [0.25, 0.3) is 0 Å². The van der Waals surface area contributed by atoms with E-state index in [-0.39, 0.29) is 22.7 Å². The van der Waals surface area contributed by atoms with Crippen LogP contribution in [0.1, 0.15) is 54.7 Å². The van der Waals surface area contributed by atoms with Gasteiger partial charge in [-0.1, -0.05) is 25.4 Å². The first-order valence-corrected chi connectivity index (χ1v) is 8.37. The maximum absolute atomic E-state index is 12.7. The lowest BCUT2D eigenvalue weighted by Crippen LogP contribution is -2.41.